The molecule has 0 fully saturated rings. The largest absolute Gasteiger partial charge is 0.475 e. The average Bonchev–Trinajstić information content (AvgIpc) is 2.29. The first-order valence-corrected chi connectivity index (χ1v) is 4.79. The molecule has 0 saturated heterocycles. The van der Waals surface area contributed by atoms with Gasteiger partial charge < -0.3 is 5.11 Å². The summed E-state index contributed by atoms with van der Waals surface area (Å²) in [4.78, 5) is 21.3. The molecule has 1 rings (SSSR count). The highest BCUT2D eigenvalue weighted by Crippen LogP contribution is 2.02. The van der Waals surface area contributed by atoms with Crippen LogP contribution in [0.15, 0.2) is 48.1 Å². The number of hydrogen-bond donors (Lipinski definition) is 1. The molecule has 1 N–H and O–H groups in total. The Kier molecular flexibility index (Phi) is 4.21. The molecule has 0 radical (unpaired) electrons. The molecule has 0 aliphatic carbocycles. The summed E-state index contributed by atoms with van der Waals surface area (Å²) < 4.78 is 0. The van der Waals surface area contributed by atoms with E-state index in [-0.39, 0.29) is 5.57 Å². The van der Waals surface area contributed by atoms with Crippen LogP contribution in [0.1, 0.15) is 12.5 Å². The van der Waals surface area contributed by atoms with Crippen molar-refractivity contribution < 1.29 is 14.7 Å². The molecule has 0 amide bonds. The van der Waals surface area contributed by atoms with Gasteiger partial charge in [-0.2, -0.15) is 0 Å². The van der Waals surface area contributed by atoms with E-state index in [2.05, 4.69) is 0 Å². The summed E-state index contributed by atoms with van der Waals surface area (Å²) in [5.74, 6) is -2.31. The molecule has 0 saturated carbocycles. The smallest absolute Gasteiger partial charge is 0.376 e. The van der Waals surface area contributed by atoms with Gasteiger partial charge in [0.25, 0.3) is 5.78 Å². The lowest BCUT2D eigenvalue weighted by Gasteiger charge is -1.92. The van der Waals surface area contributed by atoms with Gasteiger partial charge in [0, 0.05) is 5.57 Å². The van der Waals surface area contributed by atoms with Crippen LogP contribution in [0.4, 0.5) is 0 Å². The molecule has 16 heavy (non-hydrogen) atoms. The Hall–Kier alpha value is -2.16. The van der Waals surface area contributed by atoms with Crippen LogP contribution < -0.4 is 0 Å². The molecule has 0 unspecified atom stereocenters. The third kappa shape index (κ3) is 3.53. The van der Waals surface area contributed by atoms with E-state index >= 15 is 0 Å². The molecule has 82 valence electrons. The third-order valence-electron chi connectivity index (χ3n) is 1.99. The fourth-order valence-electron chi connectivity index (χ4n) is 1.11. The van der Waals surface area contributed by atoms with Crippen LogP contribution in [0, 0.1) is 0 Å². The van der Waals surface area contributed by atoms with Crippen LogP contribution in [0.25, 0.3) is 6.08 Å². The Balaban J connectivity index is 2.70. The average molecular weight is 216 g/mol. The van der Waals surface area contributed by atoms with Crippen molar-refractivity contribution in [3.8, 4) is 0 Å². The van der Waals surface area contributed by atoms with Crippen molar-refractivity contribution in [1.82, 2.24) is 0 Å². The van der Waals surface area contributed by atoms with E-state index in [1.807, 2.05) is 30.3 Å². The van der Waals surface area contributed by atoms with Crippen LogP contribution in [-0.4, -0.2) is 16.9 Å². The van der Waals surface area contributed by atoms with E-state index in [4.69, 9.17) is 5.11 Å². The van der Waals surface area contributed by atoms with Gasteiger partial charge in [-0.3, -0.25) is 4.79 Å². The van der Waals surface area contributed by atoms with Crippen molar-refractivity contribution in [3.05, 3.63) is 53.6 Å². The van der Waals surface area contributed by atoms with Gasteiger partial charge in [0.05, 0.1) is 0 Å². The number of carboxylic acid groups (broad SMARTS) is 1. The summed E-state index contributed by atoms with van der Waals surface area (Å²) in [5.41, 5.74) is 1.20. The van der Waals surface area contributed by atoms with Gasteiger partial charge in [-0.15, -0.1) is 0 Å². The van der Waals surface area contributed by atoms with Crippen LogP contribution in [0.5, 0.6) is 0 Å². The third-order valence-corrected chi connectivity index (χ3v) is 1.99. The Morgan fingerprint density at radius 2 is 1.81 bits per heavy atom. The molecule has 3 nitrogen and oxygen atoms in total. The number of aliphatic carboxylic acids is 1. The lowest BCUT2D eigenvalue weighted by Crippen LogP contribution is -2.12. The van der Waals surface area contributed by atoms with Gasteiger partial charge in [0.2, 0.25) is 0 Å². The predicted molar refractivity (Wildman–Crippen MR) is 61.9 cm³/mol. The second kappa shape index (κ2) is 5.66. The van der Waals surface area contributed by atoms with E-state index in [9.17, 15) is 9.59 Å². The topological polar surface area (TPSA) is 54.4 Å². The minimum atomic E-state index is -1.43. The summed E-state index contributed by atoms with van der Waals surface area (Å²) in [6.45, 7) is 1.48. The highest BCUT2D eigenvalue weighted by atomic mass is 16.4. The zero-order chi connectivity index (χ0) is 12.0. The number of benzene rings is 1. The number of hydrogen-bond acceptors (Lipinski definition) is 2. The summed E-state index contributed by atoms with van der Waals surface area (Å²) in [5, 5.41) is 8.45. The predicted octanol–water partition coefficient (Wildman–Crippen LogP) is 2.30. The number of ketones is 1. The molecule has 0 bridgehead atoms. The number of carbonyl (C=O) groups excluding carboxylic acids is 1. The maximum atomic E-state index is 11.0. The molecular formula is C13H12O3. The van der Waals surface area contributed by atoms with Gasteiger partial charge in [-0.1, -0.05) is 48.6 Å². The van der Waals surface area contributed by atoms with E-state index in [0.717, 1.165) is 5.56 Å². The Morgan fingerprint density at radius 1 is 1.19 bits per heavy atom. The quantitative estimate of drug-likeness (QED) is 0.477. The first kappa shape index (κ1) is 11.9. The second-order valence-electron chi connectivity index (χ2n) is 3.25. The van der Waals surface area contributed by atoms with E-state index in [0.29, 0.717) is 0 Å². The van der Waals surface area contributed by atoms with Crippen molar-refractivity contribution in [3.63, 3.8) is 0 Å². The second-order valence-corrected chi connectivity index (χ2v) is 3.25. The molecule has 1 aromatic rings. The number of rotatable bonds is 4. The minimum Gasteiger partial charge on any atom is -0.475 e. The number of carboxylic acids is 1. The van der Waals surface area contributed by atoms with Gasteiger partial charge in [-0.25, -0.2) is 4.79 Å². The summed E-state index contributed by atoms with van der Waals surface area (Å²) in [6.07, 6.45) is 4.95. The maximum Gasteiger partial charge on any atom is 0.376 e. The van der Waals surface area contributed by atoms with Crippen molar-refractivity contribution in [2.24, 2.45) is 0 Å². The fraction of sp³-hybridized carbons (Fsp3) is 0.0769. The summed E-state index contributed by atoms with van der Waals surface area (Å²) >= 11 is 0. The van der Waals surface area contributed by atoms with Gasteiger partial charge in [-0.05, 0) is 12.5 Å². The van der Waals surface area contributed by atoms with Crippen LogP contribution >= 0.6 is 0 Å². The number of Topliss-reactive ketones (excluding diaryl/α,β-unsaturated/α-hetero) is 1. The first-order valence-electron chi connectivity index (χ1n) is 4.79. The number of carbonyl (C=O) groups is 2. The van der Waals surface area contributed by atoms with Crippen LogP contribution in [0.3, 0.4) is 0 Å². The molecule has 3 heteroatoms. The Bertz CT molecular complexity index is 442. The number of allylic oxidation sites excluding steroid dienone is 2. The highest BCUT2D eigenvalue weighted by molar-refractivity contribution is 6.39. The van der Waals surface area contributed by atoms with Gasteiger partial charge in [0.15, 0.2) is 0 Å². The van der Waals surface area contributed by atoms with Crippen molar-refractivity contribution in [2.45, 2.75) is 6.92 Å². The first-order chi connectivity index (χ1) is 7.61. The molecular weight excluding hydrogens is 204 g/mol. The Morgan fingerprint density at radius 3 is 2.38 bits per heavy atom. The minimum absolute atomic E-state index is 0.208. The summed E-state index contributed by atoms with van der Waals surface area (Å²) in [6, 6.07) is 9.54. The molecule has 0 aromatic heterocycles. The molecule has 0 aliphatic rings. The molecule has 0 heterocycles. The normalized spacial score (nSPS) is 11.7. The van der Waals surface area contributed by atoms with E-state index in [1.165, 1.54) is 13.0 Å². The van der Waals surface area contributed by atoms with Crippen molar-refractivity contribution in [2.75, 3.05) is 0 Å². The van der Waals surface area contributed by atoms with Crippen LogP contribution in [0.2, 0.25) is 0 Å². The van der Waals surface area contributed by atoms with Gasteiger partial charge >= 0.3 is 5.97 Å². The lowest BCUT2D eigenvalue weighted by atomic mass is 10.1. The lowest BCUT2D eigenvalue weighted by molar-refractivity contribution is -0.147. The van der Waals surface area contributed by atoms with Gasteiger partial charge in [0.1, 0.15) is 0 Å². The highest BCUT2D eigenvalue weighted by Gasteiger charge is 2.11. The Labute approximate surface area is 93.7 Å². The van der Waals surface area contributed by atoms with E-state index < -0.39 is 11.8 Å². The summed E-state index contributed by atoms with van der Waals surface area (Å²) in [7, 11) is 0. The molecule has 0 spiro atoms. The molecule has 0 atom stereocenters. The fourth-order valence-corrected chi connectivity index (χ4v) is 1.11. The SMILES string of the molecule is CC(=CC=Cc1ccccc1)C(=O)C(=O)O. The standard InChI is InChI=1S/C13H12O3/c1-10(12(14)13(15)16)6-5-9-11-7-3-2-4-8-11/h2-9H,1H3,(H,15,16). The van der Waals surface area contributed by atoms with Crippen molar-refractivity contribution in [1.29, 1.82) is 0 Å². The maximum absolute atomic E-state index is 11.0. The van der Waals surface area contributed by atoms with Crippen molar-refractivity contribution >= 4 is 17.8 Å². The van der Waals surface area contributed by atoms with E-state index in [1.54, 1.807) is 12.2 Å². The van der Waals surface area contributed by atoms with Crippen LogP contribution in [-0.2, 0) is 9.59 Å². The monoisotopic (exact) mass is 216 g/mol. The zero-order valence-electron chi connectivity index (χ0n) is 8.88. The molecule has 1 aromatic carbocycles. The zero-order valence-corrected chi connectivity index (χ0v) is 8.88. The molecule has 0 aliphatic heterocycles.